The summed E-state index contributed by atoms with van der Waals surface area (Å²) in [7, 11) is 1.63. The van der Waals surface area contributed by atoms with E-state index in [0.717, 1.165) is 22.0 Å². The maximum atomic E-state index is 12.4. The summed E-state index contributed by atoms with van der Waals surface area (Å²) in [5, 5.41) is 4.10. The lowest BCUT2D eigenvalue weighted by Gasteiger charge is -2.17. The number of methoxy groups -OCH3 is 1. The highest BCUT2D eigenvalue weighted by molar-refractivity contribution is 5.86. The zero-order valence-electron chi connectivity index (χ0n) is 14.7. The number of rotatable bonds is 7. The molecule has 2 aromatic carbocycles. The Balaban J connectivity index is 1.91. The third kappa shape index (κ3) is 4.09. The topological polar surface area (TPSA) is 54.1 Å². The Morgan fingerprint density at radius 3 is 2.68 bits per heavy atom. The normalized spacial score (nSPS) is 12.2. The van der Waals surface area contributed by atoms with Crippen LogP contribution in [0.1, 0.15) is 29.0 Å². The lowest BCUT2D eigenvalue weighted by atomic mass is 9.87. The number of hydrogen-bond donors (Lipinski definition) is 2. The summed E-state index contributed by atoms with van der Waals surface area (Å²) < 4.78 is 5.01. The average Bonchev–Trinajstić information content (AvgIpc) is 3.05. The van der Waals surface area contributed by atoms with Gasteiger partial charge in [0.05, 0.1) is 6.61 Å². The summed E-state index contributed by atoms with van der Waals surface area (Å²) in [4.78, 5) is 15.7. The largest absolute Gasteiger partial charge is 0.383 e. The second-order valence-corrected chi connectivity index (χ2v) is 6.30. The maximum absolute atomic E-state index is 12.4. The Kier molecular flexibility index (Phi) is 5.51. The number of fused-ring (bicyclic) bond motifs is 1. The Bertz CT molecular complexity index is 836. The van der Waals surface area contributed by atoms with Gasteiger partial charge in [-0.15, -0.1) is 0 Å². The molecule has 4 heteroatoms. The van der Waals surface area contributed by atoms with Crippen molar-refractivity contribution in [3.8, 4) is 0 Å². The lowest BCUT2D eigenvalue weighted by Crippen LogP contribution is -2.28. The lowest BCUT2D eigenvalue weighted by molar-refractivity contribution is -0.121. The molecular formula is C21H24N2O2. The number of amides is 1. The van der Waals surface area contributed by atoms with Crippen LogP contribution >= 0.6 is 0 Å². The third-order valence-corrected chi connectivity index (χ3v) is 4.49. The number of hydrogen-bond acceptors (Lipinski definition) is 2. The molecule has 25 heavy (non-hydrogen) atoms. The van der Waals surface area contributed by atoms with Crippen LogP contribution in [-0.4, -0.2) is 31.2 Å². The summed E-state index contributed by atoms with van der Waals surface area (Å²) in [6.07, 6.45) is 2.44. The molecular weight excluding hydrogens is 312 g/mol. The van der Waals surface area contributed by atoms with Gasteiger partial charge in [-0.25, -0.2) is 0 Å². The number of aryl methyl sites for hydroxylation is 1. The first-order valence-corrected chi connectivity index (χ1v) is 8.57. The standard InChI is InChI=1S/C21H24N2O2/c1-15-7-9-16(10-8-15)18(13-21(24)22-11-12-25-2)19-14-23-20-6-4-3-5-17(19)20/h3-10,14,18,23H,11-13H2,1-2H3,(H,22,24)/t18-/m0/s1. The van der Waals surface area contributed by atoms with E-state index in [1.807, 2.05) is 18.3 Å². The van der Waals surface area contributed by atoms with Gasteiger partial charge in [0.2, 0.25) is 5.91 Å². The zero-order chi connectivity index (χ0) is 17.6. The van der Waals surface area contributed by atoms with Crippen LogP contribution in [0.15, 0.2) is 54.7 Å². The van der Waals surface area contributed by atoms with Gasteiger partial charge in [0.1, 0.15) is 0 Å². The number of para-hydroxylation sites is 1. The number of nitrogens with one attached hydrogen (secondary N) is 2. The Morgan fingerprint density at radius 1 is 1.16 bits per heavy atom. The molecule has 0 aliphatic carbocycles. The molecule has 0 aliphatic heterocycles. The number of H-pyrrole nitrogens is 1. The molecule has 2 N–H and O–H groups in total. The fourth-order valence-electron chi connectivity index (χ4n) is 3.14. The summed E-state index contributed by atoms with van der Waals surface area (Å²) >= 11 is 0. The van der Waals surface area contributed by atoms with Crippen LogP contribution in [-0.2, 0) is 9.53 Å². The monoisotopic (exact) mass is 336 g/mol. The van der Waals surface area contributed by atoms with Crippen LogP contribution in [0, 0.1) is 6.92 Å². The molecule has 0 bridgehead atoms. The zero-order valence-corrected chi connectivity index (χ0v) is 14.7. The third-order valence-electron chi connectivity index (χ3n) is 4.49. The minimum absolute atomic E-state index is 0.0132. The number of benzene rings is 2. The van der Waals surface area contributed by atoms with Gasteiger partial charge in [0, 0.05) is 43.1 Å². The Labute approximate surface area is 148 Å². The van der Waals surface area contributed by atoms with Crippen molar-refractivity contribution in [3.63, 3.8) is 0 Å². The second-order valence-electron chi connectivity index (χ2n) is 6.30. The smallest absolute Gasteiger partial charge is 0.221 e. The van der Waals surface area contributed by atoms with E-state index in [1.165, 1.54) is 5.56 Å². The van der Waals surface area contributed by atoms with Gasteiger partial charge in [0.15, 0.2) is 0 Å². The van der Waals surface area contributed by atoms with Crippen LogP contribution in [0.25, 0.3) is 10.9 Å². The summed E-state index contributed by atoms with van der Waals surface area (Å²) in [6, 6.07) is 16.6. The minimum atomic E-state index is 0.0132. The van der Waals surface area contributed by atoms with E-state index in [-0.39, 0.29) is 11.8 Å². The van der Waals surface area contributed by atoms with E-state index in [9.17, 15) is 4.79 Å². The fraction of sp³-hybridized carbons (Fsp3) is 0.286. The van der Waals surface area contributed by atoms with E-state index in [4.69, 9.17) is 4.74 Å². The van der Waals surface area contributed by atoms with Gasteiger partial charge >= 0.3 is 0 Å². The van der Waals surface area contributed by atoms with Gasteiger partial charge in [-0.3, -0.25) is 4.79 Å². The van der Waals surface area contributed by atoms with E-state index < -0.39 is 0 Å². The first-order valence-electron chi connectivity index (χ1n) is 8.57. The van der Waals surface area contributed by atoms with Crippen molar-refractivity contribution in [3.05, 3.63) is 71.4 Å². The van der Waals surface area contributed by atoms with Crippen LogP contribution in [0.3, 0.4) is 0 Å². The summed E-state index contributed by atoms with van der Waals surface area (Å²) in [6.45, 7) is 3.12. The number of aromatic nitrogens is 1. The molecule has 0 radical (unpaired) electrons. The van der Waals surface area contributed by atoms with Crippen molar-refractivity contribution >= 4 is 16.8 Å². The van der Waals surface area contributed by atoms with Crippen LogP contribution in [0.4, 0.5) is 0 Å². The van der Waals surface area contributed by atoms with Gasteiger partial charge in [-0.2, -0.15) is 0 Å². The predicted octanol–water partition coefficient (Wildman–Crippen LogP) is 3.76. The molecule has 0 fully saturated rings. The maximum Gasteiger partial charge on any atom is 0.221 e. The average molecular weight is 336 g/mol. The van der Waals surface area contributed by atoms with Crippen molar-refractivity contribution in [2.24, 2.45) is 0 Å². The van der Waals surface area contributed by atoms with Crippen molar-refractivity contribution < 1.29 is 9.53 Å². The van der Waals surface area contributed by atoms with Crippen LogP contribution in [0.5, 0.6) is 0 Å². The number of ether oxygens (including phenoxy) is 1. The Morgan fingerprint density at radius 2 is 1.92 bits per heavy atom. The quantitative estimate of drug-likeness (QED) is 0.646. The molecule has 1 aromatic heterocycles. The SMILES string of the molecule is COCCNC(=O)C[C@@H](c1ccc(C)cc1)c1c[nH]c2ccccc12. The van der Waals surface area contributed by atoms with E-state index in [1.54, 1.807) is 7.11 Å². The van der Waals surface area contributed by atoms with Crippen LogP contribution < -0.4 is 5.32 Å². The summed E-state index contributed by atoms with van der Waals surface area (Å²) in [5.41, 5.74) is 4.61. The highest BCUT2D eigenvalue weighted by Gasteiger charge is 2.21. The molecule has 0 aliphatic rings. The molecule has 3 rings (SSSR count). The molecule has 1 heterocycles. The first kappa shape index (κ1) is 17.2. The second kappa shape index (κ2) is 7.99. The van der Waals surface area contributed by atoms with Gasteiger partial charge in [0.25, 0.3) is 0 Å². The van der Waals surface area contributed by atoms with Crippen molar-refractivity contribution in [1.29, 1.82) is 0 Å². The van der Waals surface area contributed by atoms with Crippen molar-refractivity contribution in [2.75, 3.05) is 20.3 Å². The minimum Gasteiger partial charge on any atom is -0.383 e. The van der Waals surface area contributed by atoms with E-state index in [2.05, 4.69) is 53.6 Å². The van der Waals surface area contributed by atoms with Crippen molar-refractivity contribution in [1.82, 2.24) is 10.3 Å². The molecule has 0 saturated carbocycles. The molecule has 0 spiro atoms. The highest BCUT2D eigenvalue weighted by atomic mass is 16.5. The molecule has 1 atom stereocenters. The van der Waals surface area contributed by atoms with E-state index in [0.29, 0.717) is 19.6 Å². The van der Waals surface area contributed by atoms with Crippen molar-refractivity contribution in [2.45, 2.75) is 19.3 Å². The van der Waals surface area contributed by atoms with Gasteiger partial charge in [-0.1, -0.05) is 48.0 Å². The fourth-order valence-corrected chi connectivity index (χ4v) is 3.14. The van der Waals surface area contributed by atoms with Gasteiger partial charge in [-0.05, 0) is 24.1 Å². The molecule has 130 valence electrons. The number of carbonyl (C=O) groups is 1. The molecule has 1 amide bonds. The summed E-state index contributed by atoms with van der Waals surface area (Å²) in [5.74, 6) is 0.0483. The molecule has 3 aromatic rings. The first-order chi connectivity index (χ1) is 12.2. The highest BCUT2D eigenvalue weighted by Crippen LogP contribution is 2.33. The Hall–Kier alpha value is -2.59. The molecule has 0 unspecified atom stereocenters. The van der Waals surface area contributed by atoms with E-state index >= 15 is 0 Å². The number of aromatic amines is 1. The molecule has 4 nitrogen and oxygen atoms in total. The number of carbonyl (C=O) groups excluding carboxylic acids is 1. The molecule has 0 saturated heterocycles. The predicted molar refractivity (Wildman–Crippen MR) is 101 cm³/mol. The van der Waals surface area contributed by atoms with Crippen LogP contribution in [0.2, 0.25) is 0 Å². The van der Waals surface area contributed by atoms with Gasteiger partial charge < -0.3 is 15.0 Å².